The molecule has 0 aliphatic carbocycles. The number of amides is 2. The minimum absolute atomic E-state index is 0.182. The quantitative estimate of drug-likeness (QED) is 0.659. The number of benzene rings is 1. The van der Waals surface area contributed by atoms with Gasteiger partial charge in [0, 0.05) is 11.6 Å². The second kappa shape index (κ2) is 5.72. The van der Waals surface area contributed by atoms with Gasteiger partial charge in [0.05, 0.1) is 23.7 Å². The van der Waals surface area contributed by atoms with Crippen molar-refractivity contribution < 1.29 is 14.4 Å². The second-order valence-corrected chi connectivity index (χ2v) is 4.58. The van der Waals surface area contributed by atoms with Crippen LogP contribution in [0.5, 0.6) is 0 Å². The first-order valence-electron chi connectivity index (χ1n) is 5.84. The van der Waals surface area contributed by atoms with Crippen molar-refractivity contribution >= 4 is 34.9 Å². The van der Waals surface area contributed by atoms with Crippen molar-refractivity contribution in [3.05, 3.63) is 28.8 Å². The van der Waals surface area contributed by atoms with Crippen LogP contribution < -0.4 is 10.2 Å². The van der Waals surface area contributed by atoms with E-state index in [0.717, 1.165) is 4.90 Å². The molecule has 2 rings (SSSR count). The molecule has 0 atom stereocenters. The topological polar surface area (TPSA) is 90.3 Å². The molecule has 1 N–H and O–H groups in total. The van der Waals surface area contributed by atoms with E-state index < -0.39 is 17.6 Å². The molecule has 0 radical (unpaired) electrons. The number of hydrogen-bond acceptors (Lipinski definition) is 4. The molecule has 0 unspecified atom stereocenters. The first-order chi connectivity index (χ1) is 9.54. The number of carbonyl (C=O) groups excluding carboxylic acids is 3. The van der Waals surface area contributed by atoms with E-state index in [0.29, 0.717) is 10.7 Å². The first kappa shape index (κ1) is 14.0. The van der Waals surface area contributed by atoms with Crippen LogP contribution in [-0.2, 0) is 9.59 Å². The number of nitriles is 1. The minimum atomic E-state index is -0.752. The van der Waals surface area contributed by atoms with E-state index in [-0.39, 0.29) is 25.1 Å². The number of nitrogens with zero attached hydrogens (tertiary/aromatic N) is 2. The van der Waals surface area contributed by atoms with Crippen LogP contribution in [0.2, 0.25) is 5.02 Å². The summed E-state index contributed by atoms with van der Waals surface area (Å²) in [5, 5.41) is 11.2. The maximum absolute atomic E-state index is 11.8. The summed E-state index contributed by atoms with van der Waals surface area (Å²) in [5.74, 6) is -1.84. The molecule has 7 heteroatoms. The molecule has 1 aromatic carbocycles. The molecule has 1 aromatic rings. The lowest BCUT2D eigenvalue weighted by atomic mass is 10.1. The number of hydrogen-bond donors (Lipinski definition) is 1. The van der Waals surface area contributed by atoms with Gasteiger partial charge in [-0.2, -0.15) is 5.26 Å². The van der Waals surface area contributed by atoms with E-state index in [2.05, 4.69) is 5.32 Å². The smallest absolute Gasteiger partial charge is 0.299 e. The van der Waals surface area contributed by atoms with Crippen LogP contribution in [0.1, 0.15) is 16.8 Å². The molecule has 6 nitrogen and oxygen atoms in total. The fraction of sp³-hybridized carbons (Fsp3) is 0.231. The van der Waals surface area contributed by atoms with E-state index in [1.165, 1.54) is 18.2 Å². The van der Waals surface area contributed by atoms with Crippen molar-refractivity contribution in [2.45, 2.75) is 6.42 Å². The summed E-state index contributed by atoms with van der Waals surface area (Å²) in [6.07, 6.45) is 0.182. The molecule has 0 spiro atoms. The molecule has 0 saturated heterocycles. The van der Waals surface area contributed by atoms with Gasteiger partial charge in [-0.3, -0.25) is 19.3 Å². The summed E-state index contributed by atoms with van der Waals surface area (Å²) in [4.78, 5) is 36.3. The van der Waals surface area contributed by atoms with Gasteiger partial charge in [0.25, 0.3) is 11.7 Å². The molecular formula is C13H10ClN3O3. The Balaban J connectivity index is 2.15. The fourth-order valence-electron chi connectivity index (χ4n) is 1.88. The summed E-state index contributed by atoms with van der Waals surface area (Å²) in [6, 6.07) is 6.34. The Morgan fingerprint density at radius 3 is 2.85 bits per heavy atom. The summed E-state index contributed by atoms with van der Waals surface area (Å²) in [7, 11) is 0. The minimum Gasteiger partial charge on any atom is -0.354 e. The Kier molecular flexibility index (Phi) is 4.01. The van der Waals surface area contributed by atoms with Crippen molar-refractivity contribution in [3.8, 4) is 6.07 Å². The molecule has 20 heavy (non-hydrogen) atoms. The van der Waals surface area contributed by atoms with Gasteiger partial charge in [0.2, 0.25) is 5.91 Å². The highest BCUT2D eigenvalue weighted by Crippen LogP contribution is 2.31. The summed E-state index contributed by atoms with van der Waals surface area (Å²) in [5.41, 5.74) is 0.576. The molecule has 0 saturated carbocycles. The molecule has 2 amide bonds. The van der Waals surface area contributed by atoms with Gasteiger partial charge < -0.3 is 5.32 Å². The summed E-state index contributed by atoms with van der Waals surface area (Å²) in [6.45, 7) is -0.0724. The first-order valence-corrected chi connectivity index (χ1v) is 6.22. The third kappa shape index (κ3) is 2.63. The van der Waals surface area contributed by atoms with E-state index in [9.17, 15) is 14.4 Å². The van der Waals surface area contributed by atoms with E-state index in [1.54, 1.807) is 0 Å². The number of anilines is 1. The van der Waals surface area contributed by atoms with Crippen LogP contribution in [0.4, 0.5) is 5.69 Å². The maximum atomic E-state index is 11.8. The Bertz CT molecular complexity index is 636. The third-order valence-electron chi connectivity index (χ3n) is 2.80. The number of ketones is 1. The highest BCUT2D eigenvalue weighted by molar-refractivity contribution is 6.53. The zero-order chi connectivity index (χ0) is 14.7. The molecule has 1 aliphatic rings. The van der Waals surface area contributed by atoms with Gasteiger partial charge in [0.1, 0.15) is 6.54 Å². The largest absolute Gasteiger partial charge is 0.354 e. The lowest BCUT2D eigenvalue weighted by molar-refractivity contribution is -0.122. The van der Waals surface area contributed by atoms with E-state index >= 15 is 0 Å². The number of Topliss-reactive ketones (excluding diaryl/α,β-unsaturated/α-hetero) is 1. The Hall–Kier alpha value is -2.39. The monoisotopic (exact) mass is 291 g/mol. The maximum Gasteiger partial charge on any atom is 0.299 e. The molecule has 0 bridgehead atoms. The number of rotatable bonds is 4. The lowest BCUT2D eigenvalue weighted by Crippen LogP contribution is -2.40. The highest BCUT2D eigenvalue weighted by atomic mass is 35.5. The normalized spacial score (nSPS) is 13.1. The van der Waals surface area contributed by atoms with Crippen LogP contribution in [0.15, 0.2) is 18.2 Å². The van der Waals surface area contributed by atoms with E-state index in [1.807, 2.05) is 6.07 Å². The van der Waals surface area contributed by atoms with Crippen LogP contribution in [0.3, 0.4) is 0 Å². The number of nitrogens with one attached hydrogen (secondary N) is 1. The average Bonchev–Trinajstić information content (AvgIpc) is 2.64. The van der Waals surface area contributed by atoms with E-state index in [4.69, 9.17) is 16.9 Å². The van der Waals surface area contributed by atoms with Gasteiger partial charge in [-0.25, -0.2) is 0 Å². The van der Waals surface area contributed by atoms with Gasteiger partial charge in [0.15, 0.2) is 0 Å². The van der Waals surface area contributed by atoms with Crippen LogP contribution >= 0.6 is 11.6 Å². The molecule has 0 fully saturated rings. The van der Waals surface area contributed by atoms with Gasteiger partial charge in [-0.1, -0.05) is 11.6 Å². The fourth-order valence-corrected chi connectivity index (χ4v) is 2.05. The molecular weight excluding hydrogens is 282 g/mol. The number of carbonyl (C=O) groups is 3. The Morgan fingerprint density at radius 1 is 1.40 bits per heavy atom. The molecule has 0 aromatic heterocycles. The predicted molar refractivity (Wildman–Crippen MR) is 71.4 cm³/mol. The SMILES string of the molecule is N#CCCNC(=O)CN1C(=O)C(=O)c2ccc(Cl)cc21. The van der Waals surface area contributed by atoms with Crippen LogP contribution in [0.25, 0.3) is 0 Å². The molecule has 102 valence electrons. The summed E-state index contributed by atoms with van der Waals surface area (Å²) >= 11 is 5.84. The van der Waals surface area contributed by atoms with Crippen LogP contribution in [0, 0.1) is 11.3 Å². The van der Waals surface area contributed by atoms with Gasteiger partial charge >= 0.3 is 0 Å². The standard InChI is InChI=1S/C13H10ClN3O3/c14-8-2-3-9-10(6-8)17(13(20)12(9)19)7-11(18)16-5-1-4-15/h2-3,6H,1,5,7H2,(H,16,18). The highest BCUT2D eigenvalue weighted by Gasteiger charge is 2.36. The van der Waals surface area contributed by atoms with Crippen LogP contribution in [-0.4, -0.2) is 30.7 Å². The average molecular weight is 292 g/mol. The van der Waals surface area contributed by atoms with Crippen molar-refractivity contribution in [2.24, 2.45) is 0 Å². The second-order valence-electron chi connectivity index (χ2n) is 4.14. The predicted octanol–water partition coefficient (Wildman–Crippen LogP) is 0.899. The zero-order valence-electron chi connectivity index (χ0n) is 10.4. The zero-order valence-corrected chi connectivity index (χ0v) is 11.1. The van der Waals surface area contributed by atoms with Crippen molar-refractivity contribution in [2.75, 3.05) is 18.0 Å². The van der Waals surface area contributed by atoms with Gasteiger partial charge in [-0.15, -0.1) is 0 Å². The lowest BCUT2D eigenvalue weighted by Gasteiger charge is -2.15. The Labute approximate surface area is 119 Å². The third-order valence-corrected chi connectivity index (χ3v) is 3.03. The number of fused-ring (bicyclic) bond motifs is 1. The van der Waals surface area contributed by atoms with Crippen molar-refractivity contribution in [1.29, 1.82) is 5.26 Å². The van der Waals surface area contributed by atoms with Crippen molar-refractivity contribution in [3.63, 3.8) is 0 Å². The molecule has 1 heterocycles. The van der Waals surface area contributed by atoms with Gasteiger partial charge in [-0.05, 0) is 18.2 Å². The number of halogens is 1. The van der Waals surface area contributed by atoms with Crippen molar-refractivity contribution in [1.82, 2.24) is 5.32 Å². The summed E-state index contributed by atoms with van der Waals surface area (Å²) < 4.78 is 0. The Morgan fingerprint density at radius 2 is 2.15 bits per heavy atom. The molecule has 1 aliphatic heterocycles.